The van der Waals surface area contributed by atoms with Gasteiger partial charge in [0.05, 0.1) is 32.0 Å². The number of thiazole rings is 1. The van der Waals surface area contributed by atoms with Crippen molar-refractivity contribution in [1.29, 1.82) is 0 Å². The molecular weight excluding hydrogens is 470 g/mol. The van der Waals surface area contributed by atoms with Gasteiger partial charge in [-0.1, -0.05) is 41.6 Å². The van der Waals surface area contributed by atoms with Crippen LogP contribution in [-0.4, -0.2) is 21.7 Å². The first-order valence-electron chi connectivity index (χ1n) is 9.36. The highest BCUT2D eigenvalue weighted by Crippen LogP contribution is 2.37. The monoisotopic (exact) mass is 481 g/mol. The number of halogens is 1. The highest BCUT2D eigenvalue weighted by Gasteiger charge is 2.38. The molecule has 0 saturated carbocycles. The molecule has 2 amide bonds. The van der Waals surface area contributed by atoms with Crippen molar-refractivity contribution >= 4 is 68.1 Å². The van der Waals surface area contributed by atoms with Crippen LogP contribution in [0.4, 0.5) is 11.4 Å². The zero-order chi connectivity index (χ0) is 22.4. The summed E-state index contributed by atoms with van der Waals surface area (Å²) < 4.78 is 1.67. The smallest absolute Gasteiger partial charge is 0.268 e. The van der Waals surface area contributed by atoms with Crippen LogP contribution >= 0.6 is 34.7 Å². The van der Waals surface area contributed by atoms with E-state index in [0.717, 1.165) is 31.1 Å². The summed E-state index contributed by atoms with van der Waals surface area (Å²) in [4.78, 5) is 41.8. The molecule has 4 aromatic rings. The quantitative estimate of drug-likeness (QED) is 0.151. The van der Waals surface area contributed by atoms with Gasteiger partial charge >= 0.3 is 0 Å². The van der Waals surface area contributed by atoms with E-state index in [9.17, 15) is 19.7 Å². The molecule has 1 aliphatic rings. The number of benzene rings is 3. The molecule has 0 unspecified atom stereocenters. The second-order valence-corrected chi connectivity index (χ2v) is 9.60. The summed E-state index contributed by atoms with van der Waals surface area (Å²) in [5.74, 6) is -0.410. The number of rotatable bonds is 5. The number of carbonyl (C=O) groups excluding carboxylic acids is 2. The van der Waals surface area contributed by atoms with Gasteiger partial charge in [0.25, 0.3) is 17.5 Å². The highest BCUT2D eigenvalue weighted by atomic mass is 35.5. The Morgan fingerprint density at radius 1 is 1.03 bits per heavy atom. The number of aromatic nitrogens is 1. The van der Waals surface area contributed by atoms with Crippen LogP contribution < -0.4 is 4.90 Å². The minimum absolute atomic E-state index is 0.0320. The van der Waals surface area contributed by atoms with E-state index in [4.69, 9.17) is 11.6 Å². The van der Waals surface area contributed by atoms with Crippen LogP contribution in [0.25, 0.3) is 10.2 Å². The fourth-order valence-electron chi connectivity index (χ4n) is 3.42. The lowest BCUT2D eigenvalue weighted by Gasteiger charge is -2.13. The number of amides is 2. The number of fused-ring (bicyclic) bond motifs is 2. The Balaban J connectivity index is 1.42. The fourth-order valence-corrected chi connectivity index (χ4v) is 5.81. The lowest BCUT2D eigenvalue weighted by Crippen LogP contribution is -2.29. The largest absolute Gasteiger partial charge is 0.270 e. The number of anilines is 1. The first kappa shape index (κ1) is 20.6. The lowest BCUT2D eigenvalue weighted by molar-refractivity contribution is -0.384. The summed E-state index contributed by atoms with van der Waals surface area (Å²) in [6, 6.07) is 16.5. The molecule has 0 spiro atoms. The van der Waals surface area contributed by atoms with E-state index in [1.807, 2.05) is 24.3 Å². The van der Waals surface area contributed by atoms with E-state index in [0.29, 0.717) is 16.5 Å². The maximum atomic E-state index is 12.9. The zero-order valence-electron chi connectivity index (χ0n) is 16.1. The maximum absolute atomic E-state index is 12.9. The van der Waals surface area contributed by atoms with E-state index in [1.54, 1.807) is 30.0 Å². The highest BCUT2D eigenvalue weighted by molar-refractivity contribution is 8.00. The van der Waals surface area contributed by atoms with Gasteiger partial charge in [0, 0.05) is 22.9 Å². The van der Waals surface area contributed by atoms with Crippen LogP contribution in [0.2, 0.25) is 5.02 Å². The molecule has 5 rings (SSSR count). The molecule has 32 heavy (non-hydrogen) atoms. The number of non-ortho nitro benzene ring substituents is 1. The molecule has 158 valence electrons. The van der Waals surface area contributed by atoms with Crippen molar-refractivity contribution in [1.82, 2.24) is 4.98 Å². The number of nitrogens with zero attached hydrogens (tertiary/aromatic N) is 3. The molecule has 0 N–H and O–H groups in total. The Morgan fingerprint density at radius 3 is 2.59 bits per heavy atom. The first-order chi connectivity index (χ1) is 15.4. The molecule has 0 atom stereocenters. The molecular formula is C22H12ClN3O4S2. The molecule has 0 aliphatic carbocycles. The molecule has 3 aromatic carbocycles. The van der Waals surface area contributed by atoms with Gasteiger partial charge in [-0.15, -0.1) is 11.3 Å². The number of hydrogen-bond acceptors (Lipinski definition) is 7. The number of imide groups is 1. The number of hydrogen-bond donors (Lipinski definition) is 0. The summed E-state index contributed by atoms with van der Waals surface area (Å²) >= 11 is 9.23. The minimum Gasteiger partial charge on any atom is -0.268 e. The van der Waals surface area contributed by atoms with Crippen molar-refractivity contribution in [2.75, 3.05) is 4.90 Å². The van der Waals surface area contributed by atoms with Crippen molar-refractivity contribution in [3.63, 3.8) is 0 Å². The Labute approximate surface area is 194 Å². The van der Waals surface area contributed by atoms with E-state index >= 15 is 0 Å². The summed E-state index contributed by atoms with van der Waals surface area (Å²) in [7, 11) is 0. The molecule has 1 aliphatic heterocycles. The third-order valence-electron chi connectivity index (χ3n) is 5.00. The fraction of sp³-hybridized carbons (Fsp3) is 0.0455. The average molecular weight is 482 g/mol. The topological polar surface area (TPSA) is 93.4 Å². The van der Waals surface area contributed by atoms with Crippen molar-refractivity contribution in [3.05, 3.63) is 92.5 Å². The van der Waals surface area contributed by atoms with Gasteiger partial charge in [0.15, 0.2) is 4.34 Å². The summed E-state index contributed by atoms with van der Waals surface area (Å²) in [5.41, 5.74) is 2.12. The summed E-state index contributed by atoms with van der Waals surface area (Å²) in [6.45, 7) is 0. The van der Waals surface area contributed by atoms with Crippen molar-refractivity contribution in [2.24, 2.45) is 0 Å². The molecule has 7 nitrogen and oxygen atoms in total. The van der Waals surface area contributed by atoms with Crippen LogP contribution in [0.1, 0.15) is 26.3 Å². The van der Waals surface area contributed by atoms with Gasteiger partial charge in [0.1, 0.15) is 0 Å². The molecule has 10 heteroatoms. The van der Waals surface area contributed by atoms with E-state index in [-0.39, 0.29) is 16.8 Å². The average Bonchev–Trinajstić information content (AvgIpc) is 3.30. The summed E-state index contributed by atoms with van der Waals surface area (Å²) in [5, 5.41) is 11.7. The number of thioether (sulfide) groups is 1. The van der Waals surface area contributed by atoms with Gasteiger partial charge in [-0.25, -0.2) is 9.88 Å². The van der Waals surface area contributed by atoms with Crippen LogP contribution in [0.3, 0.4) is 0 Å². The Morgan fingerprint density at radius 2 is 1.81 bits per heavy atom. The van der Waals surface area contributed by atoms with Crippen LogP contribution in [0, 0.1) is 10.1 Å². The molecule has 0 fully saturated rings. The van der Waals surface area contributed by atoms with E-state index < -0.39 is 16.7 Å². The predicted molar refractivity (Wildman–Crippen MR) is 125 cm³/mol. The van der Waals surface area contributed by atoms with Gasteiger partial charge in [-0.05, 0) is 35.9 Å². The lowest BCUT2D eigenvalue weighted by atomic mass is 10.1. The third kappa shape index (κ3) is 3.54. The van der Waals surface area contributed by atoms with Crippen molar-refractivity contribution in [3.8, 4) is 0 Å². The Hall–Kier alpha value is -3.27. The predicted octanol–water partition coefficient (Wildman–Crippen LogP) is 5.95. The Kier molecular flexibility index (Phi) is 5.16. The summed E-state index contributed by atoms with van der Waals surface area (Å²) in [6.07, 6.45) is 0. The van der Waals surface area contributed by atoms with E-state index in [2.05, 4.69) is 4.98 Å². The normalized spacial score (nSPS) is 13.1. The van der Waals surface area contributed by atoms with Crippen molar-refractivity contribution < 1.29 is 14.5 Å². The second-order valence-electron chi connectivity index (χ2n) is 6.94. The SMILES string of the molecule is O=C1c2ccc([N+](=O)[O-])cc2C(=O)N1c1ccc2nc(SCc3ccccc3Cl)sc2c1. The van der Waals surface area contributed by atoms with Crippen LogP contribution in [0.15, 0.2) is 65.0 Å². The third-order valence-corrected chi connectivity index (χ3v) is 7.58. The molecule has 2 heterocycles. The standard InChI is InChI=1S/C22H12ClN3O4S2/c23-17-4-2-1-3-12(17)11-31-22-24-18-8-6-13(10-19(18)32-22)25-20(27)15-7-5-14(26(29)30)9-16(15)21(25)28/h1-10H,11H2. The number of carbonyl (C=O) groups is 2. The molecule has 1 aromatic heterocycles. The number of nitro groups is 1. The van der Waals surface area contributed by atoms with Crippen LogP contribution in [0.5, 0.6) is 0 Å². The van der Waals surface area contributed by atoms with Gasteiger partial charge < -0.3 is 0 Å². The van der Waals surface area contributed by atoms with Gasteiger partial charge in [0.2, 0.25) is 0 Å². The van der Waals surface area contributed by atoms with E-state index in [1.165, 1.54) is 23.5 Å². The maximum Gasteiger partial charge on any atom is 0.270 e. The number of nitro benzene ring substituents is 1. The van der Waals surface area contributed by atoms with Gasteiger partial charge in [-0.2, -0.15) is 0 Å². The molecule has 0 saturated heterocycles. The molecule has 0 bridgehead atoms. The molecule has 0 radical (unpaired) electrons. The Bertz CT molecular complexity index is 1440. The van der Waals surface area contributed by atoms with Gasteiger partial charge in [-0.3, -0.25) is 19.7 Å². The van der Waals surface area contributed by atoms with Crippen molar-refractivity contribution in [2.45, 2.75) is 10.1 Å². The van der Waals surface area contributed by atoms with Crippen LogP contribution in [-0.2, 0) is 5.75 Å². The second kappa shape index (κ2) is 8.01. The minimum atomic E-state index is -0.591. The zero-order valence-corrected chi connectivity index (χ0v) is 18.5. The first-order valence-corrected chi connectivity index (χ1v) is 11.5.